The molecule has 1 amide bonds. The van der Waals surface area contributed by atoms with Gasteiger partial charge in [-0.05, 0) is 44.3 Å². The van der Waals surface area contributed by atoms with Gasteiger partial charge < -0.3 is 24.4 Å². The second kappa shape index (κ2) is 10.3. The minimum Gasteiger partial charge on any atom is -0.497 e. The molecule has 0 aliphatic carbocycles. The van der Waals surface area contributed by atoms with Crippen molar-refractivity contribution in [3.05, 3.63) is 48.0 Å². The van der Waals surface area contributed by atoms with Crippen molar-refractivity contribution in [2.75, 3.05) is 57.8 Å². The van der Waals surface area contributed by atoms with Gasteiger partial charge in [-0.25, -0.2) is 0 Å². The van der Waals surface area contributed by atoms with Gasteiger partial charge in [-0.1, -0.05) is 6.07 Å². The van der Waals surface area contributed by atoms with Crippen molar-refractivity contribution in [3.8, 4) is 11.5 Å². The van der Waals surface area contributed by atoms with Gasteiger partial charge in [0.1, 0.15) is 11.5 Å². The first-order valence-corrected chi connectivity index (χ1v) is 10.2. The van der Waals surface area contributed by atoms with Crippen molar-refractivity contribution in [1.82, 2.24) is 4.90 Å². The Kier molecular flexibility index (Phi) is 7.54. The summed E-state index contributed by atoms with van der Waals surface area (Å²) in [7, 11) is 5.19. The molecule has 7 heteroatoms. The topological polar surface area (TPSA) is 63.3 Å². The Balaban J connectivity index is 1.58. The molecule has 0 radical (unpaired) electrons. The molecule has 2 aromatic rings. The Hall–Kier alpha value is -2.77. The van der Waals surface area contributed by atoms with Crippen molar-refractivity contribution in [3.63, 3.8) is 0 Å². The van der Waals surface area contributed by atoms with Crippen molar-refractivity contribution in [2.24, 2.45) is 0 Å². The van der Waals surface area contributed by atoms with E-state index < -0.39 is 0 Å². The number of ether oxygens (including phenoxy) is 3. The van der Waals surface area contributed by atoms with Crippen LogP contribution in [0, 0.1) is 0 Å². The fourth-order valence-electron chi connectivity index (χ4n) is 3.41. The number of morpholine rings is 1. The fraction of sp³-hybridized carbons (Fsp3) is 0.435. The number of amides is 1. The third kappa shape index (κ3) is 5.43. The van der Waals surface area contributed by atoms with Crippen LogP contribution in [0.4, 0.5) is 11.4 Å². The predicted octanol–water partition coefficient (Wildman–Crippen LogP) is 3.00. The van der Waals surface area contributed by atoms with Crippen molar-refractivity contribution >= 4 is 17.3 Å². The Morgan fingerprint density at radius 3 is 2.47 bits per heavy atom. The maximum atomic E-state index is 12.8. The lowest BCUT2D eigenvalue weighted by Gasteiger charge is -2.29. The van der Waals surface area contributed by atoms with Gasteiger partial charge in [0, 0.05) is 42.6 Å². The molecule has 30 heavy (non-hydrogen) atoms. The van der Waals surface area contributed by atoms with Gasteiger partial charge >= 0.3 is 0 Å². The lowest BCUT2D eigenvalue weighted by atomic mass is 10.1. The zero-order valence-electron chi connectivity index (χ0n) is 18.2. The summed E-state index contributed by atoms with van der Waals surface area (Å²) >= 11 is 0. The van der Waals surface area contributed by atoms with E-state index in [9.17, 15) is 4.79 Å². The molecule has 0 saturated carbocycles. The highest BCUT2D eigenvalue weighted by atomic mass is 16.5. The second-order valence-electron chi connectivity index (χ2n) is 7.40. The molecule has 0 bridgehead atoms. The number of hydrogen-bond acceptors (Lipinski definition) is 6. The van der Waals surface area contributed by atoms with Crippen LogP contribution in [0.5, 0.6) is 11.5 Å². The van der Waals surface area contributed by atoms with E-state index in [-0.39, 0.29) is 11.9 Å². The summed E-state index contributed by atoms with van der Waals surface area (Å²) in [5.74, 6) is 1.43. The summed E-state index contributed by atoms with van der Waals surface area (Å²) in [6.07, 6.45) is 0. The molecule has 7 nitrogen and oxygen atoms in total. The van der Waals surface area contributed by atoms with Crippen LogP contribution < -0.4 is 19.7 Å². The average molecular weight is 414 g/mol. The van der Waals surface area contributed by atoms with E-state index in [0.29, 0.717) is 6.54 Å². The van der Waals surface area contributed by atoms with E-state index in [2.05, 4.69) is 10.2 Å². The fourth-order valence-corrected chi connectivity index (χ4v) is 3.41. The molecule has 0 spiro atoms. The van der Waals surface area contributed by atoms with Crippen LogP contribution in [0.2, 0.25) is 0 Å². The first kappa shape index (κ1) is 21.9. The Bertz CT molecular complexity index is 835. The van der Waals surface area contributed by atoms with Crippen LogP contribution in [0.3, 0.4) is 0 Å². The van der Waals surface area contributed by atoms with Crippen LogP contribution >= 0.6 is 0 Å². The number of anilines is 2. The van der Waals surface area contributed by atoms with Gasteiger partial charge in [0.15, 0.2) is 0 Å². The van der Waals surface area contributed by atoms with E-state index in [1.54, 1.807) is 14.2 Å². The van der Waals surface area contributed by atoms with Gasteiger partial charge in [-0.15, -0.1) is 0 Å². The summed E-state index contributed by atoms with van der Waals surface area (Å²) in [6, 6.07) is 13.4. The maximum Gasteiger partial charge on any atom is 0.241 e. The number of nitrogens with one attached hydrogen (secondary N) is 1. The van der Waals surface area contributed by atoms with Gasteiger partial charge in [0.25, 0.3) is 0 Å². The van der Waals surface area contributed by atoms with Crippen LogP contribution in [-0.4, -0.2) is 64.4 Å². The molecule has 1 unspecified atom stereocenters. The van der Waals surface area contributed by atoms with E-state index in [0.717, 1.165) is 54.7 Å². The summed E-state index contributed by atoms with van der Waals surface area (Å²) in [5.41, 5.74) is 2.93. The first-order valence-electron chi connectivity index (χ1n) is 10.2. The molecule has 162 valence electrons. The number of rotatable bonds is 8. The third-order valence-electron chi connectivity index (χ3n) is 5.47. The highest BCUT2D eigenvalue weighted by Crippen LogP contribution is 2.26. The third-order valence-corrected chi connectivity index (χ3v) is 5.47. The highest BCUT2D eigenvalue weighted by molar-refractivity contribution is 5.94. The Morgan fingerprint density at radius 1 is 1.13 bits per heavy atom. The highest BCUT2D eigenvalue weighted by Gasteiger charge is 2.20. The van der Waals surface area contributed by atoms with Gasteiger partial charge in [-0.3, -0.25) is 9.69 Å². The number of nitrogens with zero attached hydrogens (tertiary/aromatic N) is 2. The molecule has 1 atom stereocenters. The molecule has 2 aromatic carbocycles. The molecule has 0 aromatic heterocycles. The lowest BCUT2D eigenvalue weighted by molar-refractivity contribution is -0.120. The van der Waals surface area contributed by atoms with Crippen LogP contribution in [0.25, 0.3) is 0 Å². The largest absolute Gasteiger partial charge is 0.497 e. The standard InChI is InChI=1S/C23H31N3O4/c1-17(25(2)16-18-5-10-21(28-3)15-22(18)29-4)23(27)24-19-6-8-20(9-7-19)26-11-13-30-14-12-26/h5-10,15,17H,11-14,16H2,1-4H3,(H,24,27). The van der Waals surface area contributed by atoms with Crippen molar-refractivity contribution in [2.45, 2.75) is 19.5 Å². The van der Waals surface area contributed by atoms with Gasteiger partial charge in [0.05, 0.1) is 33.5 Å². The minimum absolute atomic E-state index is 0.0518. The molecule has 1 N–H and O–H groups in total. The number of methoxy groups -OCH3 is 2. The minimum atomic E-state index is -0.310. The quantitative estimate of drug-likeness (QED) is 0.718. The zero-order chi connectivity index (χ0) is 21.5. The van der Waals surface area contributed by atoms with E-state index >= 15 is 0 Å². The summed E-state index contributed by atoms with van der Waals surface area (Å²) < 4.78 is 16.1. The van der Waals surface area contributed by atoms with Crippen molar-refractivity contribution in [1.29, 1.82) is 0 Å². The summed E-state index contributed by atoms with van der Waals surface area (Å²) in [6.45, 7) is 5.76. The number of carbonyl (C=O) groups excluding carboxylic acids is 1. The molecule has 1 saturated heterocycles. The first-order chi connectivity index (χ1) is 14.5. The number of benzene rings is 2. The van der Waals surface area contributed by atoms with E-state index in [1.807, 2.05) is 61.3 Å². The molecular weight excluding hydrogens is 382 g/mol. The molecule has 3 rings (SSSR count). The predicted molar refractivity (Wildman–Crippen MR) is 119 cm³/mol. The number of carbonyl (C=O) groups is 1. The Morgan fingerprint density at radius 2 is 1.83 bits per heavy atom. The summed E-state index contributed by atoms with van der Waals surface area (Å²) in [5, 5.41) is 3.01. The SMILES string of the molecule is COc1ccc(CN(C)C(C)C(=O)Nc2ccc(N3CCOCC3)cc2)c(OC)c1. The Labute approximate surface area is 178 Å². The zero-order valence-corrected chi connectivity index (χ0v) is 18.2. The molecule has 1 aliphatic heterocycles. The average Bonchev–Trinajstić information content (AvgIpc) is 2.79. The van der Waals surface area contributed by atoms with Crippen LogP contribution in [0.1, 0.15) is 12.5 Å². The van der Waals surface area contributed by atoms with E-state index in [1.165, 1.54) is 0 Å². The molecule has 1 heterocycles. The molecule has 1 fully saturated rings. The van der Waals surface area contributed by atoms with Crippen molar-refractivity contribution < 1.29 is 19.0 Å². The van der Waals surface area contributed by atoms with Crippen LogP contribution in [0.15, 0.2) is 42.5 Å². The molecular formula is C23H31N3O4. The second-order valence-corrected chi connectivity index (χ2v) is 7.40. The van der Waals surface area contributed by atoms with Crippen LogP contribution in [-0.2, 0) is 16.1 Å². The normalized spacial score (nSPS) is 15.0. The summed E-state index contributed by atoms with van der Waals surface area (Å²) in [4.78, 5) is 17.0. The number of likely N-dealkylation sites (N-methyl/N-ethyl adjacent to an activating group) is 1. The lowest BCUT2D eigenvalue weighted by Crippen LogP contribution is -2.39. The monoisotopic (exact) mass is 413 g/mol. The molecule has 1 aliphatic rings. The number of hydrogen-bond donors (Lipinski definition) is 1. The maximum absolute atomic E-state index is 12.8. The smallest absolute Gasteiger partial charge is 0.241 e. The van der Waals surface area contributed by atoms with Gasteiger partial charge in [-0.2, -0.15) is 0 Å². The van der Waals surface area contributed by atoms with E-state index in [4.69, 9.17) is 14.2 Å². The van der Waals surface area contributed by atoms with Gasteiger partial charge in [0.2, 0.25) is 5.91 Å².